The molecule has 0 unspecified atom stereocenters. The number of urea groups is 1. The summed E-state index contributed by atoms with van der Waals surface area (Å²) in [6.07, 6.45) is -0.559. The van der Waals surface area contributed by atoms with E-state index in [0.29, 0.717) is 29.6 Å². The minimum atomic E-state index is -4.83. The molecule has 272 valence electrons. The molecule has 2 aromatic carbocycles. The Labute approximate surface area is 287 Å². The van der Waals surface area contributed by atoms with Crippen molar-refractivity contribution in [3.8, 4) is 0 Å². The Morgan fingerprint density at radius 2 is 1.47 bits per heavy atom. The predicted molar refractivity (Wildman–Crippen MR) is 184 cm³/mol. The Kier molecular flexibility index (Phi) is 16.5. The Morgan fingerprint density at radius 3 is 2.04 bits per heavy atom. The molecule has 0 radical (unpaired) electrons. The normalized spacial score (nSPS) is 11.9. The summed E-state index contributed by atoms with van der Waals surface area (Å²) in [7, 11) is -3.65. The number of rotatable bonds is 18. The molecule has 16 heteroatoms. The van der Waals surface area contributed by atoms with Crippen LogP contribution in [0.2, 0.25) is 0 Å². The maximum absolute atomic E-state index is 13.2. The van der Waals surface area contributed by atoms with Crippen LogP contribution in [0.5, 0.6) is 0 Å². The van der Waals surface area contributed by atoms with Gasteiger partial charge in [-0.05, 0) is 60.9 Å². The first-order valence-electron chi connectivity index (χ1n) is 15.9. The number of likely N-dealkylation sites (N-methyl/N-ethyl adjacent to an activating group) is 1. The van der Waals surface area contributed by atoms with E-state index in [1.54, 1.807) is 0 Å². The van der Waals surface area contributed by atoms with E-state index in [1.807, 2.05) is 56.3 Å². The Balaban J connectivity index is 2.10. The third-order valence-corrected chi connectivity index (χ3v) is 7.43. The molecule has 0 saturated carbocycles. The van der Waals surface area contributed by atoms with E-state index < -0.39 is 52.0 Å². The smallest absolute Gasteiger partial charge is 0.428 e. The van der Waals surface area contributed by atoms with Crippen molar-refractivity contribution in [2.45, 2.75) is 60.3 Å². The van der Waals surface area contributed by atoms with Gasteiger partial charge in [0, 0.05) is 25.8 Å². The maximum Gasteiger partial charge on any atom is 0.472 e. The van der Waals surface area contributed by atoms with E-state index in [-0.39, 0.29) is 12.3 Å². The lowest BCUT2D eigenvalue weighted by molar-refractivity contribution is -0.167. The van der Waals surface area contributed by atoms with E-state index >= 15 is 0 Å². The second kappa shape index (κ2) is 19.7. The molecule has 0 spiro atoms. The highest BCUT2D eigenvalue weighted by Gasteiger charge is 2.22. The molecule has 49 heavy (non-hydrogen) atoms. The second-order valence-corrected chi connectivity index (χ2v) is 13.6. The van der Waals surface area contributed by atoms with Gasteiger partial charge in [0.15, 0.2) is 0 Å². The largest absolute Gasteiger partial charge is 0.472 e. The lowest BCUT2D eigenvalue weighted by atomic mass is 9.92. The van der Waals surface area contributed by atoms with Gasteiger partial charge in [-0.3, -0.25) is 9.59 Å². The third kappa shape index (κ3) is 15.7. The van der Waals surface area contributed by atoms with Crippen molar-refractivity contribution in [1.29, 1.82) is 0 Å². The molecule has 0 aliphatic carbocycles. The first kappa shape index (κ1) is 41.0. The number of carbonyl (C=O) groups is 4. The van der Waals surface area contributed by atoms with Crippen LogP contribution in [-0.4, -0.2) is 79.0 Å². The van der Waals surface area contributed by atoms with Crippen LogP contribution in [0, 0.1) is 18.8 Å². The molecule has 15 nitrogen and oxygen atoms in total. The van der Waals surface area contributed by atoms with Crippen LogP contribution in [0.3, 0.4) is 0 Å². The molecular weight excluding hydrogens is 659 g/mol. The molecule has 4 N–H and O–H groups in total. The topological polar surface area (TPSA) is 193 Å². The van der Waals surface area contributed by atoms with Gasteiger partial charge in [0.2, 0.25) is 13.6 Å². The van der Waals surface area contributed by atoms with E-state index in [1.165, 1.54) is 7.05 Å². The summed E-state index contributed by atoms with van der Waals surface area (Å²) in [6, 6.07) is 12.8. The van der Waals surface area contributed by atoms with Gasteiger partial charge in [-0.15, -0.1) is 0 Å². The van der Waals surface area contributed by atoms with Crippen LogP contribution in [-0.2, 0) is 32.9 Å². The summed E-state index contributed by atoms with van der Waals surface area (Å²) >= 11 is 0. The molecule has 0 saturated heterocycles. The fourth-order valence-corrected chi connectivity index (χ4v) is 4.93. The molecule has 0 fully saturated rings. The first-order valence-corrected chi connectivity index (χ1v) is 17.4. The fourth-order valence-electron chi connectivity index (χ4n) is 4.74. The molecule has 0 heterocycles. The van der Waals surface area contributed by atoms with Crippen molar-refractivity contribution >= 4 is 48.9 Å². The number of ether oxygens (including phenoxy) is 3. The minimum absolute atomic E-state index is 0.0318. The van der Waals surface area contributed by atoms with Gasteiger partial charge in [0.05, 0.1) is 17.8 Å². The zero-order valence-electron chi connectivity index (χ0n) is 29.1. The van der Waals surface area contributed by atoms with E-state index in [9.17, 15) is 23.7 Å². The number of anilines is 3. The van der Waals surface area contributed by atoms with Gasteiger partial charge in [-0.25, -0.2) is 18.7 Å². The van der Waals surface area contributed by atoms with E-state index in [0.717, 1.165) is 34.8 Å². The summed E-state index contributed by atoms with van der Waals surface area (Å²) in [4.78, 5) is 70.1. The van der Waals surface area contributed by atoms with Crippen molar-refractivity contribution in [2.24, 2.45) is 11.8 Å². The molecule has 2 rings (SSSR count). The lowest BCUT2D eigenvalue weighted by Gasteiger charge is -2.31. The quantitative estimate of drug-likeness (QED) is 0.0825. The molecule has 1 atom stereocenters. The van der Waals surface area contributed by atoms with Crippen molar-refractivity contribution < 1.29 is 52.3 Å². The van der Waals surface area contributed by atoms with Crippen molar-refractivity contribution in [3.05, 3.63) is 53.6 Å². The number of hydrogen-bond acceptors (Lipinski definition) is 10. The van der Waals surface area contributed by atoms with Gasteiger partial charge in [0.1, 0.15) is 6.54 Å². The number of carbonyl (C=O) groups excluding carboxylic acids is 4. The minimum Gasteiger partial charge on any atom is -0.428 e. The standard InChI is InChI=1S/C33H49N4O11P/c1-8-25(16-30(38)45-20-46-31(39)19-36(7)33(41)47-21-48-49(42,43)44)26-11-14-29(37(17-22(2)3)18-23(4)5)28(15-26)35-32(40)34-27-12-9-24(6)10-13-27/h9-15,22-23,25H,8,16-21H2,1-7H3,(H2,34,35,40)(H2,42,43,44)/t25-/m0/s1. The van der Waals surface area contributed by atoms with Crippen LogP contribution in [0.25, 0.3) is 0 Å². The summed E-state index contributed by atoms with van der Waals surface area (Å²) < 4.78 is 29.2. The second-order valence-electron chi connectivity index (χ2n) is 12.4. The lowest BCUT2D eigenvalue weighted by Crippen LogP contribution is -2.34. The molecule has 3 amide bonds. The highest BCUT2D eigenvalue weighted by Crippen LogP contribution is 2.36. The van der Waals surface area contributed by atoms with Gasteiger partial charge in [-0.1, -0.05) is 58.4 Å². The van der Waals surface area contributed by atoms with Crippen molar-refractivity contribution in [3.63, 3.8) is 0 Å². The average Bonchev–Trinajstić information content (AvgIpc) is 2.99. The first-order chi connectivity index (χ1) is 23.0. The highest BCUT2D eigenvalue weighted by atomic mass is 31.2. The zero-order chi connectivity index (χ0) is 36.7. The number of phosphoric ester groups is 1. The number of nitrogens with one attached hydrogen (secondary N) is 2. The maximum atomic E-state index is 13.2. The number of aryl methyl sites for hydroxylation is 1. The van der Waals surface area contributed by atoms with Gasteiger partial charge in [0.25, 0.3) is 0 Å². The molecule has 2 aromatic rings. The van der Waals surface area contributed by atoms with Crippen LogP contribution in [0.15, 0.2) is 42.5 Å². The molecule has 0 aromatic heterocycles. The number of esters is 2. The summed E-state index contributed by atoms with van der Waals surface area (Å²) in [6.45, 7) is 11.7. The average molecular weight is 709 g/mol. The molecule has 0 aliphatic heterocycles. The summed E-state index contributed by atoms with van der Waals surface area (Å²) in [5, 5.41) is 5.90. The fraction of sp³-hybridized carbons (Fsp3) is 0.515. The Morgan fingerprint density at radius 1 is 0.857 bits per heavy atom. The van der Waals surface area contributed by atoms with E-state index in [2.05, 4.69) is 52.5 Å². The number of nitrogens with zero attached hydrogens (tertiary/aromatic N) is 2. The molecule has 0 aliphatic rings. The molecular formula is C33H49N4O11P. The van der Waals surface area contributed by atoms with Gasteiger partial charge >= 0.3 is 31.9 Å². The number of hydrogen-bond donors (Lipinski definition) is 4. The monoisotopic (exact) mass is 708 g/mol. The number of phosphoric acid groups is 1. The Hall–Kier alpha value is -4.17. The number of amides is 3. The van der Waals surface area contributed by atoms with Crippen molar-refractivity contribution in [2.75, 3.05) is 55.8 Å². The van der Waals surface area contributed by atoms with Crippen molar-refractivity contribution in [1.82, 2.24) is 4.90 Å². The number of benzene rings is 2. The molecule has 0 bridgehead atoms. The van der Waals surface area contributed by atoms with Crippen LogP contribution in [0.1, 0.15) is 64.5 Å². The van der Waals surface area contributed by atoms with Crippen LogP contribution < -0.4 is 15.5 Å². The summed E-state index contributed by atoms with van der Waals surface area (Å²) in [5.41, 5.74) is 3.99. The van der Waals surface area contributed by atoms with Gasteiger partial charge in [-0.2, -0.15) is 0 Å². The Bertz CT molecular complexity index is 1440. The van der Waals surface area contributed by atoms with Crippen LogP contribution >= 0.6 is 7.82 Å². The van der Waals surface area contributed by atoms with Gasteiger partial charge < -0.3 is 44.4 Å². The highest BCUT2D eigenvalue weighted by molar-refractivity contribution is 7.46. The predicted octanol–water partition coefficient (Wildman–Crippen LogP) is 5.82. The zero-order valence-corrected chi connectivity index (χ0v) is 30.0. The SMILES string of the molecule is CC[C@@H](CC(=O)OCOC(=O)CN(C)C(=O)OCOP(=O)(O)O)c1ccc(N(CC(C)C)CC(C)C)c(NC(=O)Nc2ccc(C)cc2)c1. The summed E-state index contributed by atoms with van der Waals surface area (Å²) in [5.74, 6) is -1.09. The third-order valence-electron chi connectivity index (χ3n) is 6.99. The van der Waals surface area contributed by atoms with E-state index in [4.69, 9.17) is 19.3 Å². The van der Waals surface area contributed by atoms with Crippen LogP contribution in [0.4, 0.5) is 26.7 Å².